The minimum absolute atomic E-state index is 0.203. The van der Waals surface area contributed by atoms with Crippen molar-refractivity contribution in [3.63, 3.8) is 0 Å². The monoisotopic (exact) mass is 246 g/mol. The van der Waals surface area contributed by atoms with E-state index in [1.807, 2.05) is 18.2 Å². The summed E-state index contributed by atoms with van der Waals surface area (Å²) in [7, 11) is 0. The lowest BCUT2D eigenvalue weighted by Crippen LogP contribution is -2.27. The van der Waals surface area contributed by atoms with Crippen molar-refractivity contribution in [1.82, 2.24) is 0 Å². The zero-order chi connectivity index (χ0) is 12.6. The maximum atomic E-state index is 13.0. The number of aliphatic hydroxyl groups excluding tert-OH is 1. The highest BCUT2D eigenvalue weighted by Gasteiger charge is 2.38. The maximum Gasteiger partial charge on any atom is 0.123 e. The molecule has 2 heteroatoms. The number of allylic oxidation sites excluding steroid dienone is 1. The van der Waals surface area contributed by atoms with Gasteiger partial charge in [-0.25, -0.2) is 4.39 Å². The third-order valence-electron chi connectivity index (χ3n) is 4.48. The molecule has 1 aromatic carbocycles. The zero-order valence-electron chi connectivity index (χ0n) is 10.5. The average molecular weight is 246 g/mol. The minimum atomic E-state index is -0.336. The van der Waals surface area contributed by atoms with Crippen molar-refractivity contribution < 1.29 is 9.50 Å². The molecule has 0 aliphatic heterocycles. The molecule has 1 atom stereocenters. The van der Waals surface area contributed by atoms with Crippen molar-refractivity contribution in [1.29, 1.82) is 0 Å². The van der Waals surface area contributed by atoms with Gasteiger partial charge in [-0.15, -0.1) is 0 Å². The number of rotatable bonds is 1. The van der Waals surface area contributed by atoms with Crippen LogP contribution in [0.25, 0.3) is 5.57 Å². The molecule has 3 rings (SSSR count). The number of halogens is 1. The molecule has 18 heavy (non-hydrogen) atoms. The molecule has 1 nitrogen and oxygen atoms in total. The van der Waals surface area contributed by atoms with E-state index >= 15 is 0 Å². The van der Waals surface area contributed by atoms with E-state index in [1.54, 1.807) is 0 Å². The molecule has 1 fully saturated rings. The highest BCUT2D eigenvalue weighted by Crippen LogP contribution is 2.50. The van der Waals surface area contributed by atoms with Gasteiger partial charge in [0.05, 0.1) is 6.10 Å². The summed E-state index contributed by atoms with van der Waals surface area (Å²) in [6, 6.07) is 6.64. The molecule has 1 spiro atoms. The number of hydrogen-bond donors (Lipinski definition) is 1. The van der Waals surface area contributed by atoms with Gasteiger partial charge in [0, 0.05) is 0 Å². The summed E-state index contributed by atoms with van der Waals surface area (Å²) in [6.45, 7) is 0. The first-order chi connectivity index (χ1) is 8.67. The van der Waals surface area contributed by atoms with Gasteiger partial charge in [-0.1, -0.05) is 31.1 Å². The molecular formula is C16H19FO. The summed E-state index contributed by atoms with van der Waals surface area (Å²) in [5.41, 5.74) is 2.55. The Labute approximate surface area is 107 Å². The van der Waals surface area contributed by atoms with E-state index in [2.05, 4.69) is 0 Å². The van der Waals surface area contributed by atoms with E-state index in [0.29, 0.717) is 5.41 Å². The van der Waals surface area contributed by atoms with Crippen molar-refractivity contribution in [3.8, 4) is 0 Å². The zero-order valence-corrected chi connectivity index (χ0v) is 10.5. The fourth-order valence-electron chi connectivity index (χ4n) is 3.64. The molecule has 1 saturated carbocycles. The number of aliphatic hydroxyl groups is 1. The van der Waals surface area contributed by atoms with Gasteiger partial charge in [-0.05, 0) is 54.4 Å². The van der Waals surface area contributed by atoms with E-state index < -0.39 is 0 Å². The molecule has 96 valence electrons. The molecule has 2 aliphatic carbocycles. The summed E-state index contributed by atoms with van der Waals surface area (Å²) in [5.74, 6) is -0.203. The SMILES string of the molecule is OC1C=C(c2ccc(F)cc2)CC2(CCCC2)C1. The fraction of sp³-hybridized carbons (Fsp3) is 0.500. The van der Waals surface area contributed by atoms with Gasteiger partial charge >= 0.3 is 0 Å². The second-order valence-electron chi connectivity index (χ2n) is 5.85. The lowest BCUT2D eigenvalue weighted by Gasteiger charge is -2.36. The Bertz CT molecular complexity index is 454. The van der Waals surface area contributed by atoms with Gasteiger partial charge < -0.3 is 5.11 Å². The Balaban J connectivity index is 1.89. The molecule has 0 aromatic heterocycles. The van der Waals surface area contributed by atoms with Crippen molar-refractivity contribution in [2.75, 3.05) is 0 Å². The first kappa shape index (κ1) is 11.9. The van der Waals surface area contributed by atoms with Crippen LogP contribution in [0, 0.1) is 11.2 Å². The first-order valence-electron chi connectivity index (χ1n) is 6.82. The summed E-state index contributed by atoms with van der Waals surface area (Å²) in [6.07, 6.45) is 8.57. The van der Waals surface area contributed by atoms with Gasteiger partial charge in [0.25, 0.3) is 0 Å². The molecule has 0 saturated heterocycles. The van der Waals surface area contributed by atoms with Crippen LogP contribution in [0.4, 0.5) is 4.39 Å². The van der Waals surface area contributed by atoms with Gasteiger partial charge in [-0.3, -0.25) is 0 Å². The maximum absolute atomic E-state index is 13.0. The Morgan fingerprint density at radius 1 is 1.11 bits per heavy atom. The highest BCUT2D eigenvalue weighted by molar-refractivity contribution is 5.67. The van der Waals surface area contributed by atoms with Gasteiger partial charge in [0.15, 0.2) is 0 Å². The molecule has 1 aromatic rings. The summed E-state index contributed by atoms with van der Waals surface area (Å²) < 4.78 is 13.0. The van der Waals surface area contributed by atoms with Crippen molar-refractivity contribution in [2.45, 2.75) is 44.6 Å². The van der Waals surface area contributed by atoms with Crippen LogP contribution in [-0.2, 0) is 0 Å². The van der Waals surface area contributed by atoms with Crippen molar-refractivity contribution >= 4 is 5.57 Å². The van der Waals surface area contributed by atoms with Crippen LogP contribution in [0.2, 0.25) is 0 Å². The molecule has 1 N–H and O–H groups in total. The second-order valence-corrected chi connectivity index (χ2v) is 5.85. The third-order valence-corrected chi connectivity index (χ3v) is 4.48. The quantitative estimate of drug-likeness (QED) is 0.796. The largest absolute Gasteiger partial charge is 0.389 e. The standard InChI is InChI=1S/C16H19FO/c17-14-5-3-12(4-6-14)13-9-15(18)11-16(10-13)7-1-2-8-16/h3-6,9,15,18H,1-2,7-8,10-11H2. The smallest absolute Gasteiger partial charge is 0.123 e. The average Bonchev–Trinajstić information content (AvgIpc) is 2.77. The second kappa shape index (κ2) is 4.51. The molecule has 1 unspecified atom stereocenters. The van der Waals surface area contributed by atoms with E-state index in [0.717, 1.165) is 18.4 Å². The van der Waals surface area contributed by atoms with Crippen molar-refractivity contribution in [2.24, 2.45) is 5.41 Å². The van der Waals surface area contributed by atoms with Crippen LogP contribution < -0.4 is 0 Å². The Morgan fingerprint density at radius 2 is 1.78 bits per heavy atom. The van der Waals surface area contributed by atoms with Crippen molar-refractivity contribution in [3.05, 3.63) is 41.7 Å². The van der Waals surface area contributed by atoms with E-state index in [-0.39, 0.29) is 11.9 Å². The van der Waals surface area contributed by atoms with Crippen LogP contribution in [0.15, 0.2) is 30.3 Å². The summed E-state index contributed by atoms with van der Waals surface area (Å²) in [4.78, 5) is 0. The normalized spacial score (nSPS) is 26.3. The van der Waals surface area contributed by atoms with E-state index in [1.165, 1.54) is 43.4 Å². The van der Waals surface area contributed by atoms with Gasteiger partial charge in [0.1, 0.15) is 5.82 Å². The van der Waals surface area contributed by atoms with Crippen LogP contribution in [-0.4, -0.2) is 11.2 Å². The van der Waals surface area contributed by atoms with Gasteiger partial charge in [0.2, 0.25) is 0 Å². The Morgan fingerprint density at radius 3 is 2.44 bits per heavy atom. The molecule has 0 amide bonds. The van der Waals surface area contributed by atoms with Crippen LogP contribution in [0.5, 0.6) is 0 Å². The Hall–Kier alpha value is -1.15. The first-order valence-corrected chi connectivity index (χ1v) is 6.82. The molecule has 0 radical (unpaired) electrons. The lowest BCUT2D eigenvalue weighted by molar-refractivity contribution is 0.127. The van der Waals surface area contributed by atoms with Gasteiger partial charge in [-0.2, -0.15) is 0 Å². The van der Waals surface area contributed by atoms with E-state index in [4.69, 9.17) is 0 Å². The summed E-state index contributed by atoms with van der Waals surface area (Å²) >= 11 is 0. The summed E-state index contributed by atoms with van der Waals surface area (Å²) in [5, 5.41) is 10.1. The van der Waals surface area contributed by atoms with Crippen LogP contribution in [0.1, 0.15) is 44.1 Å². The third kappa shape index (κ3) is 2.22. The Kier molecular flexibility index (Phi) is 2.98. The fourth-order valence-corrected chi connectivity index (χ4v) is 3.64. The predicted octanol–water partition coefficient (Wildman–Crippen LogP) is 3.92. The number of benzene rings is 1. The lowest BCUT2D eigenvalue weighted by atomic mass is 9.70. The predicted molar refractivity (Wildman–Crippen MR) is 70.5 cm³/mol. The minimum Gasteiger partial charge on any atom is -0.389 e. The topological polar surface area (TPSA) is 20.2 Å². The molecular weight excluding hydrogens is 227 g/mol. The highest BCUT2D eigenvalue weighted by atomic mass is 19.1. The van der Waals surface area contributed by atoms with E-state index in [9.17, 15) is 9.50 Å². The molecule has 2 aliphatic rings. The van der Waals surface area contributed by atoms with Crippen LogP contribution in [0.3, 0.4) is 0 Å². The van der Waals surface area contributed by atoms with Crippen LogP contribution >= 0.6 is 0 Å². The number of hydrogen-bond acceptors (Lipinski definition) is 1. The molecule has 0 heterocycles. The molecule has 0 bridgehead atoms.